The molecular formula is C11H15N5O4. The van der Waals surface area contributed by atoms with Crippen molar-refractivity contribution < 1.29 is 14.5 Å². The summed E-state index contributed by atoms with van der Waals surface area (Å²) < 4.78 is 0. The van der Waals surface area contributed by atoms with Gasteiger partial charge >= 0.3 is 0 Å². The molecule has 1 rings (SSSR count). The molecule has 0 radical (unpaired) electrons. The third-order valence-electron chi connectivity index (χ3n) is 2.52. The molecule has 0 atom stereocenters. The first kappa shape index (κ1) is 15.4. The average molecular weight is 281 g/mol. The summed E-state index contributed by atoms with van der Waals surface area (Å²) in [5.41, 5.74) is 16.0. The molecule has 0 fully saturated rings. The van der Waals surface area contributed by atoms with Gasteiger partial charge in [-0.3, -0.25) is 24.6 Å². The molecular weight excluding hydrogens is 266 g/mol. The topological polar surface area (TPSA) is 159 Å². The maximum atomic E-state index is 10.9. The van der Waals surface area contributed by atoms with Gasteiger partial charge in [0.05, 0.1) is 18.0 Å². The lowest BCUT2D eigenvalue weighted by molar-refractivity contribution is -0.384. The lowest BCUT2D eigenvalue weighted by atomic mass is 10.1. The van der Waals surface area contributed by atoms with Crippen molar-refractivity contribution in [1.29, 1.82) is 0 Å². The van der Waals surface area contributed by atoms with Gasteiger partial charge in [-0.15, -0.1) is 0 Å². The second-order valence-electron chi connectivity index (χ2n) is 4.18. The Bertz CT molecular complexity index is 530. The predicted octanol–water partition coefficient (Wildman–Crippen LogP) is -1.05. The molecule has 0 heterocycles. The molecule has 9 nitrogen and oxygen atoms in total. The highest BCUT2D eigenvalue weighted by Crippen LogP contribution is 2.25. The van der Waals surface area contributed by atoms with Gasteiger partial charge in [0, 0.05) is 12.6 Å². The number of anilines is 1. The molecule has 1 aromatic carbocycles. The largest absolute Gasteiger partial charge is 0.393 e. The molecule has 0 aliphatic rings. The fourth-order valence-corrected chi connectivity index (χ4v) is 1.75. The molecule has 20 heavy (non-hydrogen) atoms. The van der Waals surface area contributed by atoms with E-state index in [-0.39, 0.29) is 31.0 Å². The van der Waals surface area contributed by atoms with Crippen molar-refractivity contribution in [2.24, 2.45) is 11.5 Å². The molecule has 0 spiro atoms. The number of nitro groups is 1. The fourth-order valence-electron chi connectivity index (χ4n) is 1.75. The second-order valence-corrected chi connectivity index (χ2v) is 4.18. The van der Waals surface area contributed by atoms with E-state index >= 15 is 0 Å². The Morgan fingerprint density at radius 1 is 1.20 bits per heavy atom. The van der Waals surface area contributed by atoms with Gasteiger partial charge in [0.1, 0.15) is 5.69 Å². The van der Waals surface area contributed by atoms with Crippen LogP contribution in [-0.4, -0.2) is 34.7 Å². The van der Waals surface area contributed by atoms with E-state index in [9.17, 15) is 19.7 Å². The van der Waals surface area contributed by atoms with Gasteiger partial charge < -0.3 is 17.2 Å². The van der Waals surface area contributed by atoms with Gasteiger partial charge in [-0.1, -0.05) is 12.1 Å². The van der Waals surface area contributed by atoms with Gasteiger partial charge in [0.2, 0.25) is 11.8 Å². The highest BCUT2D eigenvalue weighted by molar-refractivity contribution is 5.79. The molecule has 0 bridgehead atoms. The molecule has 0 unspecified atom stereocenters. The molecule has 9 heteroatoms. The lowest BCUT2D eigenvalue weighted by Gasteiger charge is -2.19. The molecule has 2 amide bonds. The van der Waals surface area contributed by atoms with Gasteiger partial charge in [0.15, 0.2) is 0 Å². The van der Waals surface area contributed by atoms with Crippen molar-refractivity contribution in [3.05, 3.63) is 33.9 Å². The highest BCUT2D eigenvalue weighted by Gasteiger charge is 2.18. The minimum absolute atomic E-state index is 0.0172. The van der Waals surface area contributed by atoms with Crippen LogP contribution in [0.3, 0.4) is 0 Å². The minimum atomic E-state index is -0.643. The molecule has 0 aromatic heterocycles. The summed E-state index contributed by atoms with van der Waals surface area (Å²) in [5.74, 6) is -1.29. The van der Waals surface area contributed by atoms with E-state index in [0.717, 1.165) is 0 Å². The number of hydrogen-bond acceptors (Lipinski definition) is 6. The maximum Gasteiger partial charge on any atom is 0.292 e. The molecule has 0 aliphatic heterocycles. The van der Waals surface area contributed by atoms with Crippen molar-refractivity contribution in [1.82, 2.24) is 4.90 Å². The molecule has 0 saturated heterocycles. The normalized spacial score (nSPS) is 10.4. The summed E-state index contributed by atoms with van der Waals surface area (Å²) in [6, 6.07) is 4.30. The Kier molecular flexibility index (Phi) is 4.98. The highest BCUT2D eigenvalue weighted by atomic mass is 16.6. The van der Waals surface area contributed by atoms with Crippen LogP contribution in [0.1, 0.15) is 5.56 Å². The number of nitrogens with two attached hydrogens (primary N) is 3. The smallest absolute Gasteiger partial charge is 0.292 e. The van der Waals surface area contributed by atoms with E-state index in [4.69, 9.17) is 17.2 Å². The molecule has 0 aliphatic carbocycles. The molecule has 108 valence electrons. The zero-order chi connectivity index (χ0) is 15.3. The van der Waals surface area contributed by atoms with Crippen LogP contribution in [0.5, 0.6) is 0 Å². The van der Waals surface area contributed by atoms with Crippen molar-refractivity contribution in [3.63, 3.8) is 0 Å². The first-order valence-corrected chi connectivity index (χ1v) is 5.62. The van der Waals surface area contributed by atoms with E-state index in [0.29, 0.717) is 5.56 Å². The summed E-state index contributed by atoms with van der Waals surface area (Å²) in [4.78, 5) is 33.4. The number of rotatable bonds is 7. The van der Waals surface area contributed by atoms with E-state index in [1.165, 1.54) is 17.0 Å². The van der Waals surface area contributed by atoms with E-state index in [1.807, 2.05) is 0 Å². The SMILES string of the molecule is NC(=O)CN(CC(N)=O)Cc1cccc([N+](=O)[O-])c1N. The monoisotopic (exact) mass is 281 g/mol. The van der Waals surface area contributed by atoms with Gasteiger partial charge in [-0.2, -0.15) is 0 Å². The Labute approximate surface area is 114 Å². The van der Waals surface area contributed by atoms with Gasteiger partial charge in [0.25, 0.3) is 5.69 Å². The van der Waals surface area contributed by atoms with Gasteiger partial charge in [-0.25, -0.2) is 0 Å². The number of para-hydroxylation sites is 1. The lowest BCUT2D eigenvalue weighted by Crippen LogP contribution is -2.39. The second kappa shape index (κ2) is 6.48. The Hall–Kier alpha value is -2.68. The quantitative estimate of drug-likeness (QED) is 0.328. The number of carbonyl (C=O) groups excluding carboxylic acids is 2. The number of nitro benzene ring substituents is 1. The van der Waals surface area contributed by atoms with Crippen LogP contribution in [0, 0.1) is 10.1 Å². The van der Waals surface area contributed by atoms with Crippen molar-refractivity contribution >= 4 is 23.2 Å². The first-order chi connectivity index (χ1) is 9.31. The maximum absolute atomic E-state index is 10.9. The number of nitrogen functional groups attached to an aromatic ring is 1. The Morgan fingerprint density at radius 3 is 2.20 bits per heavy atom. The minimum Gasteiger partial charge on any atom is -0.393 e. The van der Waals surface area contributed by atoms with Crippen LogP contribution in [0.2, 0.25) is 0 Å². The van der Waals surface area contributed by atoms with E-state index < -0.39 is 16.7 Å². The van der Waals surface area contributed by atoms with Crippen LogP contribution < -0.4 is 17.2 Å². The van der Waals surface area contributed by atoms with Crippen LogP contribution >= 0.6 is 0 Å². The number of hydrogen-bond donors (Lipinski definition) is 3. The first-order valence-electron chi connectivity index (χ1n) is 5.62. The number of carbonyl (C=O) groups is 2. The molecule has 0 saturated carbocycles. The van der Waals surface area contributed by atoms with E-state index in [2.05, 4.69) is 0 Å². The average Bonchev–Trinajstić information content (AvgIpc) is 2.29. The number of primary amides is 2. The zero-order valence-electron chi connectivity index (χ0n) is 10.6. The van der Waals surface area contributed by atoms with Crippen LogP contribution in [0.15, 0.2) is 18.2 Å². The summed E-state index contributed by atoms with van der Waals surface area (Å²) in [5, 5.41) is 10.8. The van der Waals surface area contributed by atoms with Crippen LogP contribution in [0.4, 0.5) is 11.4 Å². The number of amides is 2. The van der Waals surface area contributed by atoms with Crippen molar-refractivity contribution in [2.45, 2.75) is 6.54 Å². The summed E-state index contributed by atoms with van der Waals surface area (Å²) in [7, 11) is 0. The Balaban J connectivity index is 2.98. The van der Waals surface area contributed by atoms with Crippen molar-refractivity contribution in [3.8, 4) is 0 Å². The van der Waals surface area contributed by atoms with Crippen LogP contribution in [0.25, 0.3) is 0 Å². The fraction of sp³-hybridized carbons (Fsp3) is 0.273. The van der Waals surface area contributed by atoms with E-state index in [1.54, 1.807) is 6.07 Å². The third-order valence-corrected chi connectivity index (χ3v) is 2.52. The molecule has 1 aromatic rings. The zero-order valence-corrected chi connectivity index (χ0v) is 10.6. The van der Waals surface area contributed by atoms with Crippen molar-refractivity contribution in [2.75, 3.05) is 18.8 Å². The predicted molar refractivity (Wildman–Crippen MR) is 71.2 cm³/mol. The summed E-state index contributed by atoms with van der Waals surface area (Å²) in [6.07, 6.45) is 0. The summed E-state index contributed by atoms with van der Waals surface area (Å²) >= 11 is 0. The standard InChI is InChI=1S/C11H15N5O4/c12-9(17)5-15(6-10(13)18)4-7-2-1-3-8(11(7)14)16(19)20/h1-3H,4-6,14H2,(H2,12,17)(H2,13,18). The van der Waals surface area contributed by atoms with Gasteiger partial charge in [-0.05, 0) is 5.56 Å². The van der Waals surface area contributed by atoms with Crippen LogP contribution in [-0.2, 0) is 16.1 Å². The molecule has 6 N–H and O–H groups in total. The number of nitrogens with zero attached hydrogens (tertiary/aromatic N) is 2. The number of benzene rings is 1. The third kappa shape index (κ3) is 4.21. The Morgan fingerprint density at radius 2 is 1.75 bits per heavy atom. The summed E-state index contributed by atoms with van der Waals surface area (Å²) in [6.45, 7) is -0.352.